The smallest absolute Gasteiger partial charge is 0.191 e. The van der Waals surface area contributed by atoms with Crippen LogP contribution in [0.2, 0.25) is 0 Å². The van der Waals surface area contributed by atoms with Gasteiger partial charge in [-0.05, 0) is 30.7 Å². The molecule has 0 aliphatic carbocycles. The first kappa shape index (κ1) is 16.5. The molecule has 6 heteroatoms. The SMILES string of the molecule is CC(Oc1ccccc1)c1nnc(SCc2ccccc2F)n1C. The van der Waals surface area contributed by atoms with E-state index >= 15 is 0 Å². The van der Waals surface area contributed by atoms with Crippen LogP contribution in [0.25, 0.3) is 0 Å². The lowest BCUT2D eigenvalue weighted by Crippen LogP contribution is -2.10. The highest BCUT2D eigenvalue weighted by molar-refractivity contribution is 7.98. The summed E-state index contributed by atoms with van der Waals surface area (Å²) in [6.07, 6.45) is -0.229. The first-order valence-corrected chi connectivity index (χ1v) is 8.61. The van der Waals surface area contributed by atoms with Crippen molar-refractivity contribution in [2.45, 2.75) is 23.9 Å². The molecule has 0 amide bonds. The number of ether oxygens (including phenoxy) is 1. The van der Waals surface area contributed by atoms with Crippen molar-refractivity contribution in [3.05, 3.63) is 71.8 Å². The third-order valence-corrected chi connectivity index (χ3v) is 4.67. The van der Waals surface area contributed by atoms with Gasteiger partial charge in [0.05, 0.1) is 0 Å². The molecule has 0 N–H and O–H groups in total. The van der Waals surface area contributed by atoms with Crippen LogP contribution in [0, 0.1) is 5.82 Å². The zero-order valence-electron chi connectivity index (χ0n) is 13.5. The number of rotatable bonds is 6. The van der Waals surface area contributed by atoms with Gasteiger partial charge < -0.3 is 9.30 Å². The van der Waals surface area contributed by atoms with E-state index in [9.17, 15) is 4.39 Å². The van der Waals surface area contributed by atoms with E-state index in [0.29, 0.717) is 11.3 Å². The molecule has 0 aliphatic rings. The van der Waals surface area contributed by atoms with Gasteiger partial charge in [0.2, 0.25) is 0 Å². The Morgan fingerprint density at radius 3 is 2.54 bits per heavy atom. The number of hydrogen-bond acceptors (Lipinski definition) is 4. The second-order valence-electron chi connectivity index (χ2n) is 5.35. The van der Waals surface area contributed by atoms with Crippen molar-refractivity contribution in [3.8, 4) is 5.75 Å². The maximum absolute atomic E-state index is 13.7. The molecule has 1 atom stereocenters. The topological polar surface area (TPSA) is 39.9 Å². The molecular weight excluding hydrogens is 325 g/mol. The molecule has 0 saturated carbocycles. The molecule has 1 heterocycles. The second kappa shape index (κ2) is 7.49. The molecule has 0 bridgehead atoms. The number of benzene rings is 2. The number of nitrogens with zero attached hydrogens (tertiary/aromatic N) is 3. The monoisotopic (exact) mass is 343 g/mol. The maximum Gasteiger partial charge on any atom is 0.191 e. The Balaban J connectivity index is 1.68. The molecule has 3 aromatic rings. The molecule has 2 aromatic carbocycles. The van der Waals surface area contributed by atoms with Crippen LogP contribution in [-0.2, 0) is 12.8 Å². The van der Waals surface area contributed by atoms with Crippen molar-refractivity contribution in [2.24, 2.45) is 7.05 Å². The van der Waals surface area contributed by atoms with E-state index in [-0.39, 0.29) is 11.9 Å². The van der Waals surface area contributed by atoms with Gasteiger partial charge in [0.25, 0.3) is 0 Å². The van der Waals surface area contributed by atoms with Gasteiger partial charge in [-0.15, -0.1) is 10.2 Å². The largest absolute Gasteiger partial charge is 0.483 e. The van der Waals surface area contributed by atoms with Gasteiger partial charge in [-0.1, -0.05) is 48.2 Å². The van der Waals surface area contributed by atoms with E-state index in [1.165, 1.54) is 17.8 Å². The third-order valence-electron chi connectivity index (χ3n) is 3.60. The highest BCUT2D eigenvalue weighted by atomic mass is 32.2. The summed E-state index contributed by atoms with van der Waals surface area (Å²) >= 11 is 1.45. The summed E-state index contributed by atoms with van der Waals surface area (Å²) in [5.74, 6) is 1.82. The van der Waals surface area contributed by atoms with E-state index in [4.69, 9.17) is 4.74 Å². The summed E-state index contributed by atoms with van der Waals surface area (Å²) in [4.78, 5) is 0. The predicted octanol–water partition coefficient (Wildman–Crippen LogP) is 4.39. The standard InChI is InChI=1S/C18H18FN3OS/c1-13(23-15-9-4-3-5-10-15)17-20-21-18(22(17)2)24-12-14-8-6-7-11-16(14)19/h3-11,13H,12H2,1-2H3. The third kappa shape index (κ3) is 3.76. The molecular formula is C18H18FN3OS. The fourth-order valence-corrected chi connectivity index (χ4v) is 3.22. The number of halogens is 1. The second-order valence-corrected chi connectivity index (χ2v) is 6.30. The van der Waals surface area contributed by atoms with Crippen LogP contribution in [0.15, 0.2) is 59.8 Å². The molecule has 24 heavy (non-hydrogen) atoms. The Kier molecular flexibility index (Phi) is 5.15. The van der Waals surface area contributed by atoms with Crippen LogP contribution in [0.5, 0.6) is 5.75 Å². The average molecular weight is 343 g/mol. The Hall–Kier alpha value is -2.34. The normalized spacial score (nSPS) is 12.1. The van der Waals surface area contributed by atoms with E-state index in [1.54, 1.807) is 12.1 Å². The highest BCUT2D eigenvalue weighted by Crippen LogP contribution is 2.26. The van der Waals surface area contributed by atoms with Crippen molar-refractivity contribution >= 4 is 11.8 Å². The van der Waals surface area contributed by atoms with Gasteiger partial charge in [0.15, 0.2) is 17.1 Å². The van der Waals surface area contributed by atoms with Gasteiger partial charge in [0.1, 0.15) is 11.6 Å². The van der Waals surface area contributed by atoms with Crippen molar-refractivity contribution in [1.29, 1.82) is 0 Å². The van der Waals surface area contributed by atoms with Crippen LogP contribution in [0.4, 0.5) is 4.39 Å². The first-order valence-electron chi connectivity index (χ1n) is 7.62. The van der Waals surface area contributed by atoms with E-state index in [0.717, 1.165) is 16.7 Å². The van der Waals surface area contributed by atoms with Crippen LogP contribution in [-0.4, -0.2) is 14.8 Å². The fourth-order valence-electron chi connectivity index (χ4n) is 2.32. The van der Waals surface area contributed by atoms with Crippen molar-refractivity contribution in [2.75, 3.05) is 0 Å². The summed E-state index contributed by atoms with van der Waals surface area (Å²) in [5, 5.41) is 9.15. The quantitative estimate of drug-likeness (QED) is 0.623. The van der Waals surface area contributed by atoms with E-state index in [2.05, 4.69) is 10.2 Å². The number of aromatic nitrogens is 3. The molecule has 4 nitrogen and oxygen atoms in total. The summed E-state index contributed by atoms with van der Waals surface area (Å²) in [7, 11) is 1.89. The lowest BCUT2D eigenvalue weighted by atomic mass is 10.2. The Morgan fingerprint density at radius 1 is 1.08 bits per heavy atom. The van der Waals surface area contributed by atoms with E-state index in [1.807, 2.05) is 54.9 Å². The summed E-state index contributed by atoms with van der Waals surface area (Å²) < 4.78 is 21.5. The molecule has 0 aliphatic heterocycles. The summed E-state index contributed by atoms with van der Waals surface area (Å²) in [6, 6.07) is 16.4. The lowest BCUT2D eigenvalue weighted by molar-refractivity contribution is 0.211. The zero-order chi connectivity index (χ0) is 16.9. The molecule has 0 saturated heterocycles. The van der Waals surface area contributed by atoms with Gasteiger partial charge in [0, 0.05) is 12.8 Å². The fraction of sp³-hybridized carbons (Fsp3) is 0.222. The van der Waals surface area contributed by atoms with Crippen molar-refractivity contribution < 1.29 is 9.13 Å². The molecule has 0 spiro atoms. The van der Waals surface area contributed by atoms with Crippen molar-refractivity contribution in [1.82, 2.24) is 14.8 Å². The van der Waals surface area contributed by atoms with Crippen LogP contribution in [0.3, 0.4) is 0 Å². The Morgan fingerprint density at radius 2 is 1.79 bits per heavy atom. The summed E-state index contributed by atoms with van der Waals surface area (Å²) in [5.41, 5.74) is 0.653. The number of para-hydroxylation sites is 1. The zero-order valence-corrected chi connectivity index (χ0v) is 14.3. The number of hydrogen-bond donors (Lipinski definition) is 0. The van der Waals surface area contributed by atoms with E-state index < -0.39 is 0 Å². The lowest BCUT2D eigenvalue weighted by Gasteiger charge is -2.14. The molecule has 1 unspecified atom stereocenters. The van der Waals surface area contributed by atoms with Crippen LogP contribution >= 0.6 is 11.8 Å². The summed E-state index contributed by atoms with van der Waals surface area (Å²) in [6.45, 7) is 1.93. The molecule has 1 aromatic heterocycles. The molecule has 124 valence electrons. The Bertz CT molecular complexity index is 807. The average Bonchev–Trinajstić information content (AvgIpc) is 2.96. The van der Waals surface area contributed by atoms with Gasteiger partial charge in [-0.3, -0.25) is 0 Å². The maximum atomic E-state index is 13.7. The first-order chi connectivity index (χ1) is 11.6. The van der Waals surface area contributed by atoms with Crippen molar-refractivity contribution in [3.63, 3.8) is 0 Å². The predicted molar refractivity (Wildman–Crippen MR) is 92.4 cm³/mol. The molecule has 0 radical (unpaired) electrons. The minimum atomic E-state index is -0.229. The number of thioether (sulfide) groups is 1. The minimum Gasteiger partial charge on any atom is -0.483 e. The van der Waals surface area contributed by atoms with Gasteiger partial charge in [-0.25, -0.2) is 4.39 Å². The van der Waals surface area contributed by atoms with Gasteiger partial charge >= 0.3 is 0 Å². The van der Waals surface area contributed by atoms with Crippen LogP contribution < -0.4 is 4.74 Å². The Labute approximate surface area is 144 Å². The van der Waals surface area contributed by atoms with Crippen LogP contribution in [0.1, 0.15) is 24.4 Å². The molecule has 0 fully saturated rings. The van der Waals surface area contributed by atoms with Gasteiger partial charge in [-0.2, -0.15) is 0 Å². The highest BCUT2D eigenvalue weighted by Gasteiger charge is 2.17. The molecule has 3 rings (SSSR count). The minimum absolute atomic E-state index is 0.201.